The molecule has 2 nitrogen and oxygen atoms in total. The maximum absolute atomic E-state index is 11.4. The van der Waals surface area contributed by atoms with Gasteiger partial charge in [0.1, 0.15) is 0 Å². The van der Waals surface area contributed by atoms with E-state index in [0.717, 1.165) is 24.6 Å². The summed E-state index contributed by atoms with van der Waals surface area (Å²) in [7, 11) is -0.589. The lowest BCUT2D eigenvalue weighted by Crippen LogP contribution is -2.37. The maximum Gasteiger partial charge on any atom is 0.0941 e. The van der Waals surface area contributed by atoms with Gasteiger partial charge in [-0.15, -0.1) is 11.3 Å². The fourth-order valence-corrected chi connectivity index (χ4v) is 4.33. The molecule has 0 unspecified atom stereocenters. The Labute approximate surface area is 110 Å². The maximum atomic E-state index is 11.4. The molecule has 0 aromatic carbocycles. The Hall–Kier alpha value is -0.350. The van der Waals surface area contributed by atoms with Crippen LogP contribution in [0.1, 0.15) is 31.2 Å². The second kappa shape index (κ2) is 4.73. The molecule has 0 amide bonds. The Bertz CT molecular complexity index is 421. The van der Waals surface area contributed by atoms with E-state index >= 15 is 0 Å². The third-order valence-corrected chi connectivity index (χ3v) is 6.10. The third kappa shape index (κ3) is 2.91. The molecule has 2 rings (SSSR count). The van der Waals surface area contributed by atoms with Crippen LogP contribution in [0.15, 0.2) is 6.07 Å². The van der Waals surface area contributed by atoms with Crippen molar-refractivity contribution in [3.63, 3.8) is 0 Å². The number of hydrogen-bond donors (Lipinski definition) is 0. The van der Waals surface area contributed by atoms with Crippen molar-refractivity contribution in [1.82, 2.24) is 0 Å². The quantitative estimate of drug-likeness (QED) is 0.783. The first-order valence-corrected chi connectivity index (χ1v) is 8.39. The molecule has 4 heteroatoms. The predicted molar refractivity (Wildman–Crippen MR) is 77.8 cm³/mol. The van der Waals surface area contributed by atoms with Crippen LogP contribution in [0.25, 0.3) is 0 Å². The van der Waals surface area contributed by atoms with Gasteiger partial charge < -0.3 is 4.90 Å². The number of thiophene rings is 1. The molecule has 96 valence electrons. The highest BCUT2D eigenvalue weighted by atomic mass is 32.2. The van der Waals surface area contributed by atoms with Gasteiger partial charge in [-0.2, -0.15) is 0 Å². The molecule has 0 aliphatic carbocycles. The van der Waals surface area contributed by atoms with Gasteiger partial charge in [0.2, 0.25) is 0 Å². The smallest absolute Gasteiger partial charge is 0.0941 e. The molecular weight excluding hydrogens is 250 g/mol. The minimum Gasteiger partial charge on any atom is -0.361 e. The van der Waals surface area contributed by atoms with Gasteiger partial charge in [-0.3, -0.25) is 4.21 Å². The van der Waals surface area contributed by atoms with Gasteiger partial charge in [0, 0.05) is 40.3 Å². The van der Waals surface area contributed by atoms with Crippen LogP contribution in [0, 0.1) is 6.92 Å². The number of anilines is 1. The highest BCUT2D eigenvalue weighted by Gasteiger charge is 2.23. The summed E-state index contributed by atoms with van der Waals surface area (Å²) in [6, 6.07) is 2.31. The zero-order valence-corrected chi connectivity index (χ0v) is 12.7. The zero-order chi connectivity index (χ0) is 12.6. The lowest BCUT2D eigenvalue weighted by atomic mass is 9.94. The largest absolute Gasteiger partial charge is 0.361 e. The van der Waals surface area contributed by atoms with Crippen LogP contribution in [0.2, 0.25) is 0 Å². The van der Waals surface area contributed by atoms with Gasteiger partial charge in [-0.1, -0.05) is 20.8 Å². The summed E-state index contributed by atoms with van der Waals surface area (Å²) in [5.74, 6) is 1.64. The summed E-state index contributed by atoms with van der Waals surface area (Å²) < 4.78 is 11.4. The molecule has 0 N–H and O–H groups in total. The molecule has 0 atom stereocenters. The Balaban J connectivity index is 2.21. The van der Waals surface area contributed by atoms with Crippen LogP contribution >= 0.6 is 11.3 Å². The van der Waals surface area contributed by atoms with E-state index in [2.05, 4.69) is 38.7 Å². The van der Waals surface area contributed by atoms with Crippen LogP contribution in [-0.2, 0) is 16.2 Å². The van der Waals surface area contributed by atoms with Crippen molar-refractivity contribution >= 4 is 27.1 Å². The number of hydrogen-bond acceptors (Lipinski definition) is 3. The van der Waals surface area contributed by atoms with Crippen molar-refractivity contribution in [2.75, 3.05) is 29.5 Å². The SMILES string of the molecule is Cc1cc(C(C)(C)C)sc1N1CCS(=O)CC1. The Morgan fingerprint density at radius 1 is 1.29 bits per heavy atom. The van der Waals surface area contributed by atoms with Gasteiger partial charge in [-0.25, -0.2) is 0 Å². The van der Waals surface area contributed by atoms with Crippen LogP contribution in [0.4, 0.5) is 5.00 Å². The number of aryl methyl sites for hydroxylation is 1. The van der Waals surface area contributed by atoms with Crippen LogP contribution in [-0.4, -0.2) is 28.8 Å². The first-order valence-electron chi connectivity index (χ1n) is 6.09. The summed E-state index contributed by atoms with van der Waals surface area (Å²) >= 11 is 1.90. The summed E-state index contributed by atoms with van der Waals surface area (Å²) in [6.07, 6.45) is 0. The Kier molecular flexibility index (Phi) is 3.64. The normalized spacial score (nSPS) is 18.7. The van der Waals surface area contributed by atoms with Crippen molar-refractivity contribution in [2.45, 2.75) is 33.1 Å². The lowest BCUT2D eigenvalue weighted by molar-refractivity contribution is 0.603. The fourth-order valence-electron chi connectivity index (χ4n) is 2.00. The first kappa shape index (κ1) is 13.1. The molecule has 1 saturated heterocycles. The molecule has 1 aliphatic heterocycles. The van der Waals surface area contributed by atoms with E-state index in [0.29, 0.717) is 0 Å². The van der Waals surface area contributed by atoms with E-state index in [4.69, 9.17) is 0 Å². The molecule has 1 aromatic rings. The standard InChI is InChI=1S/C13H21NOS2/c1-10-9-11(13(2,3)4)16-12(10)14-5-7-17(15)8-6-14/h9H,5-8H2,1-4H3. The molecule has 17 heavy (non-hydrogen) atoms. The molecular formula is C13H21NOS2. The lowest BCUT2D eigenvalue weighted by Gasteiger charge is -2.27. The second-order valence-corrected chi connectivity index (χ2v) is 8.41. The van der Waals surface area contributed by atoms with Crippen LogP contribution in [0.5, 0.6) is 0 Å². The van der Waals surface area contributed by atoms with Crippen LogP contribution < -0.4 is 4.90 Å². The van der Waals surface area contributed by atoms with Crippen molar-refractivity contribution < 1.29 is 4.21 Å². The van der Waals surface area contributed by atoms with E-state index in [1.165, 1.54) is 15.4 Å². The van der Waals surface area contributed by atoms with E-state index < -0.39 is 10.8 Å². The Morgan fingerprint density at radius 3 is 2.35 bits per heavy atom. The minimum absolute atomic E-state index is 0.228. The average Bonchev–Trinajstić information content (AvgIpc) is 2.61. The van der Waals surface area contributed by atoms with Crippen LogP contribution in [0.3, 0.4) is 0 Å². The minimum atomic E-state index is -0.589. The topological polar surface area (TPSA) is 20.3 Å². The van der Waals surface area contributed by atoms with Gasteiger partial charge in [-0.05, 0) is 24.0 Å². The molecule has 0 radical (unpaired) electrons. The van der Waals surface area contributed by atoms with Gasteiger partial charge >= 0.3 is 0 Å². The monoisotopic (exact) mass is 271 g/mol. The average molecular weight is 271 g/mol. The van der Waals surface area contributed by atoms with Crippen molar-refractivity contribution in [3.05, 3.63) is 16.5 Å². The van der Waals surface area contributed by atoms with Gasteiger partial charge in [0.25, 0.3) is 0 Å². The third-order valence-electron chi connectivity index (χ3n) is 3.10. The highest BCUT2D eigenvalue weighted by molar-refractivity contribution is 7.85. The fraction of sp³-hybridized carbons (Fsp3) is 0.692. The molecule has 0 bridgehead atoms. The summed E-state index contributed by atoms with van der Waals surface area (Å²) in [5, 5.41) is 1.38. The molecule has 2 heterocycles. The van der Waals surface area contributed by atoms with E-state index in [1.807, 2.05) is 11.3 Å². The van der Waals surface area contributed by atoms with Crippen molar-refractivity contribution in [2.24, 2.45) is 0 Å². The van der Waals surface area contributed by atoms with E-state index in [-0.39, 0.29) is 5.41 Å². The van der Waals surface area contributed by atoms with Crippen molar-refractivity contribution in [1.29, 1.82) is 0 Å². The van der Waals surface area contributed by atoms with E-state index in [9.17, 15) is 4.21 Å². The number of rotatable bonds is 1. The summed E-state index contributed by atoms with van der Waals surface area (Å²) in [5.41, 5.74) is 1.60. The first-order chi connectivity index (χ1) is 7.88. The predicted octanol–water partition coefficient (Wildman–Crippen LogP) is 2.92. The summed E-state index contributed by atoms with van der Waals surface area (Å²) in [4.78, 5) is 3.84. The molecule has 0 spiro atoms. The summed E-state index contributed by atoms with van der Waals surface area (Å²) in [6.45, 7) is 10.8. The van der Waals surface area contributed by atoms with E-state index in [1.54, 1.807) is 0 Å². The molecule has 1 fully saturated rings. The Morgan fingerprint density at radius 2 is 1.88 bits per heavy atom. The van der Waals surface area contributed by atoms with Crippen molar-refractivity contribution in [3.8, 4) is 0 Å². The molecule has 1 aliphatic rings. The molecule has 0 saturated carbocycles. The highest BCUT2D eigenvalue weighted by Crippen LogP contribution is 2.37. The molecule has 1 aromatic heterocycles. The number of nitrogens with zero attached hydrogens (tertiary/aromatic N) is 1. The van der Waals surface area contributed by atoms with Gasteiger partial charge in [0.15, 0.2) is 0 Å². The van der Waals surface area contributed by atoms with Gasteiger partial charge in [0.05, 0.1) is 5.00 Å². The zero-order valence-electron chi connectivity index (χ0n) is 11.1. The second-order valence-electron chi connectivity index (χ2n) is 5.68.